The fourth-order valence-corrected chi connectivity index (χ4v) is 0. The van der Waals surface area contributed by atoms with E-state index in [4.69, 9.17) is 0 Å². The zero-order valence-electron chi connectivity index (χ0n) is 3.02. The maximum Gasteiger partial charge on any atom is 0.461 e. The third-order valence-electron chi connectivity index (χ3n) is 0.213. The molecule has 6 heavy (non-hydrogen) atoms. The molecule has 1 nitrogen and oxygen atoms in total. The van der Waals surface area contributed by atoms with Crippen LogP contribution in [0.5, 0.6) is 0 Å². The molecule has 0 amide bonds. The molecule has 0 aromatic heterocycles. The SMILES string of the molecule is CSP(=O)(F)F. The molecule has 0 saturated carbocycles. The van der Waals surface area contributed by atoms with E-state index in [1.807, 2.05) is 0 Å². The third kappa shape index (κ3) is 4.44. The van der Waals surface area contributed by atoms with E-state index in [2.05, 4.69) is 0 Å². The van der Waals surface area contributed by atoms with Crippen molar-refractivity contribution in [2.75, 3.05) is 6.26 Å². The van der Waals surface area contributed by atoms with Gasteiger partial charge in [-0.1, -0.05) is 0 Å². The molecular formula is CH3F2OPS. The Morgan fingerprint density at radius 2 is 1.83 bits per heavy atom. The quantitative estimate of drug-likeness (QED) is 0.509. The molecule has 0 heterocycles. The smallest absolute Gasteiger partial charge is 0.237 e. The standard InChI is InChI=1S/CH3F2OPS/c1-6-5(2,3)4/h1H3. The van der Waals surface area contributed by atoms with Gasteiger partial charge in [0.15, 0.2) is 0 Å². The van der Waals surface area contributed by atoms with E-state index in [0.29, 0.717) is 0 Å². The summed E-state index contributed by atoms with van der Waals surface area (Å²) in [5.41, 5.74) is 0. The van der Waals surface area contributed by atoms with Crippen molar-refractivity contribution < 1.29 is 13.0 Å². The minimum absolute atomic E-state index is 0.104. The number of halogens is 2. The molecule has 0 aliphatic heterocycles. The first-order chi connectivity index (χ1) is 2.56. The van der Waals surface area contributed by atoms with Crippen molar-refractivity contribution in [1.82, 2.24) is 0 Å². The van der Waals surface area contributed by atoms with Crippen LogP contribution in [-0.2, 0) is 4.57 Å². The lowest BCUT2D eigenvalue weighted by Gasteiger charge is -1.83. The van der Waals surface area contributed by atoms with Crippen molar-refractivity contribution in [3.8, 4) is 0 Å². The van der Waals surface area contributed by atoms with Crippen LogP contribution in [-0.4, -0.2) is 6.26 Å². The van der Waals surface area contributed by atoms with E-state index in [9.17, 15) is 13.0 Å². The van der Waals surface area contributed by atoms with E-state index >= 15 is 0 Å². The average molecular weight is 132 g/mol. The van der Waals surface area contributed by atoms with Crippen LogP contribution in [0.15, 0.2) is 0 Å². The Labute approximate surface area is 38.5 Å². The van der Waals surface area contributed by atoms with Gasteiger partial charge in [0.2, 0.25) is 0 Å². The highest BCUT2D eigenvalue weighted by Crippen LogP contribution is 2.60. The van der Waals surface area contributed by atoms with Gasteiger partial charge in [-0.3, -0.25) is 0 Å². The summed E-state index contributed by atoms with van der Waals surface area (Å²) in [6.07, 6.45) is 1.11. The molecule has 0 aliphatic carbocycles. The highest BCUT2D eigenvalue weighted by atomic mass is 32.7. The van der Waals surface area contributed by atoms with Crippen LogP contribution in [0.4, 0.5) is 8.39 Å². The number of hydrogen-bond acceptors (Lipinski definition) is 2. The molecule has 0 unspecified atom stereocenters. The number of rotatable bonds is 1. The van der Waals surface area contributed by atoms with E-state index in [0.717, 1.165) is 6.26 Å². The lowest BCUT2D eigenvalue weighted by Crippen LogP contribution is -1.42. The summed E-state index contributed by atoms with van der Waals surface area (Å²) in [6.45, 7) is -4.73. The molecule has 0 atom stereocenters. The molecule has 0 fully saturated rings. The fraction of sp³-hybridized carbons (Fsp3) is 1.00. The summed E-state index contributed by atoms with van der Waals surface area (Å²) in [6, 6.07) is 0. The molecule has 0 aromatic rings. The predicted molar refractivity (Wildman–Crippen MR) is 23.3 cm³/mol. The maximum absolute atomic E-state index is 11.0. The Hall–Kier alpha value is 0.440. The zero-order chi connectivity index (χ0) is 5.21. The van der Waals surface area contributed by atoms with Crippen molar-refractivity contribution in [3.63, 3.8) is 0 Å². The lowest BCUT2D eigenvalue weighted by molar-refractivity contribution is 0.515. The van der Waals surface area contributed by atoms with E-state index in [1.165, 1.54) is 0 Å². The summed E-state index contributed by atoms with van der Waals surface area (Å²) in [4.78, 5) is 0. The van der Waals surface area contributed by atoms with E-state index in [-0.39, 0.29) is 11.4 Å². The molecule has 0 bridgehead atoms. The average Bonchev–Trinajstić information content (AvgIpc) is 1.35. The second-order valence-electron chi connectivity index (χ2n) is 0.597. The summed E-state index contributed by atoms with van der Waals surface area (Å²) in [5, 5.41) is 0. The van der Waals surface area contributed by atoms with Crippen LogP contribution in [0, 0.1) is 0 Å². The first-order valence-electron chi connectivity index (χ1n) is 1.11. The van der Waals surface area contributed by atoms with Crippen LogP contribution < -0.4 is 0 Å². The Kier molecular flexibility index (Phi) is 2.08. The van der Waals surface area contributed by atoms with Crippen LogP contribution in [0.2, 0.25) is 0 Å². The molecule has 0 rings (SSSR count). The van der Waals surface area contributed by atoms with Crippen LogP contribution in [0.25, 0.3) is 0 Å². The second-order valence-corrected chi connectivity index (χ2v) is 4.16. The van der Waals surface area contributed by atoms with Gasteiger partial charge in [0, 0.05) is 0 Å². The highest BCUT2D eigenvalue weighted by molar-refractivity contribution is 8.54. The minimum atomic E-state index is -4.73. The molecular weight excluding hydrogens is 129 g/mol. The second kappa shape index (κ2) is 1.94. The summed E-state index contributed by atoms with van der Waals surface area (Å²) in [5.74, 6) is 0. The lowest BCUT2D eigenvalue weighted by atomic mass is 12.0. The van der Waals surface area contributed by atoms with Crippen molar-refractivity contribution in [1.29, 1.82) is 0 Å². The summed E-state index contributed by atoms with van der Waals surface area (Å²) in [7, 11) is 0. The molecule has 5 heteroatoms. The monoisotopic (exact) mass is 132 g/mol. The van der Waals surface area contributed by atoms with Gasteiger partial charge >= 0.3 is 6.97 Å². The Bertz CT molecular complexity index is 77.6. The molecule has 0 saturated heterocycles. The Morgan fingerprint density at radius 1 is 1.67 bits per heavy atom. The van der Waals surface area contributed by atoms with Gasteiger partial charge in [-0.2, -0.15) is 0 Å². The topological polar surface area (TPSA) is 17.1 Å². The van der Waals surface area contributed by atoms with Gasteiger partial charge in [0.1, 0.15) is 0 Å². The first-order valence-corrected chi connectivity index (χ1v) is 4.43. The fourth-order valence-electron chi connectivity index (χ4n) is 0. The van der Waals surface area contributed by atoms with Crippen molar-refractivity contribution >= 4 is 18.3 Å². The minimum Gasteiger partial charge on any atom is -0.237 e. The van der Waals surface area contributed by atoms with Gasteiger partial charge in [0.05, 0.1) is 0 Å². The van der Waals surface area contributed by atoms with Gasteiger partial charge in [-0.15, -0.1) is 8.39 Å². The van der Waals surface area contributed by atoms with Gasteiger partial charge in [-0.05, 0) is 17.6 Å². The van der Waals surface area contributed by atoms with E-state index in [1.54, 1.807) is 0 Å². The molecule has 0 aliphatic rings. The normalized spacial score (nSPS) is 11.8. The highest BCUT2D eigenvalue weighted by Gasteiger charge is 2.14. The predicted octanol–water partition coefficient (Wildman–Crippen LogP) is 2.40. The molecule has 38 valence electrons. The van der Waals surface area contributed by atoms with Gasteiger partial charge in [0.25, 0.3) is 0 Å². The summed E-state index contributed by atoms with van der Waals surface area (Å²) < 4.78 is 31.2. The molecule has 0 spiro atoms. The van der Waals surface area contributed by atoms with Crippen LogP contribution in [0.1, 0.15) is 0 Å². The third-order valence-corrected chi connectivity index (χ3v) is 1.91. The maximum atomic E-state index is 11.0. The van der Waals surface area contributed by atoms with Crippen molar-refractivity contribution in [2.24, 2.45) is 0 Å². The van der Waals surface area contributed by atoms with Crippen LogP contribution in [0.3, 0.4) is 0 Å². The number of hydrogen-bond donors (Lipinski definition) is 0. The zero-order valence-corrected chi connectivity index (χ0v) is 4.73. The van der Waals surface area contributed by atoms with Crippen LogP contribution >= 0.6 is 18.3 Å². The van der Waals surface area contributed by atoms with Crippen molar-refractivity contribution in [3.05, 3.63) is 0 Å². The Balaban J connectivity index is 3.48. The first kappa shape index (κ1) is 6.44. The molecule has 0 radical (unpaired) electrons. The molecule has 0 N–H and O–H groups in total. The van der Waals surface area contributed by atoms with Crippen molar-refractivity contribution in [2.45, 2.75) is 0 Å². The van der Waals surface area contributed by atoms with Gasteiger partial charge < -0.3 is 0 Å². The van der Waals surface area contributed by atoms with Gasteiger partial charge in [-0.25, -0.2) is 4.57 Å². The Morgan fingerprint density at radius 3 is 1.83 bits per heavy atom. The molecule has 0 aromatic carbocycles. The largest absolute Gasteiger partial charge is 0.461 e. The summed E-state index contributed by atoms with van der Waals surface area (Å²) >= 11 is 0.104. The van der Waals surface area contributed by atoms with E-state index < -0.39 is 6.97 Å².